The van der Waals surface area contributed by atoms with Crippen LogP contribution in [0.15, 0.2) is 53.7 Å². The summed E-state index contributed by atoms with van der Waals surface area (Å²) in [6.07, 6.45) is 2.24. The molecule has 2 aromatic carbocycles. The zero-order valence-electron chi connectivity index (χ0n) is 18.1. The number of rotatable bonds is 8. The number of thioether (sulfide) groups is 1. The number of halogens is 1. The topological polar surface area (TPSA) is 72.3 Å². The minimum atomic E-state index is -0.415. The highest BCUT2D eigenvalue weighted by molar-refractivity contribution is 8.00. The highest BCUT2D eigenvalue weighted by Gasteiger charge is 2.26. The van der Waals surface area contributed by atoms with Gasteiger partial charge in [0, 0.05) is 13.1 Å². The Hall–Kier alpha value is -2.71. The van der Waals surface area contributed by atoms with Gasteiger partial charge < -0.3 is 15.0 Å². The van der Waals surface area contributed by atoms with E-state index in [1.807, 2.05) is 66.9 Å². The van der Waals surface area contributed by atoms with Gasteiger partial charge in [0.25, 0.3) is 0 Å². The summed E-state index contributed by atoms with van der Waals surface area (Å²) in [5.41, 5.74) is 1.45. The number of amides is 1. The summed E-state index contributed by atoms with van der Waals surface area (Å²) in [5, 5.41) is 12.7. The molecule has 2 heterocycles. The van der Waals surface area contributed by atoms with Crippen LogP contribution in [-0.4, -0.2) is 45.6 Å². The van der Waals surface area contributed by atoms with Crippen molar-refractivity contribution in [1.29, 1.82) is 0 Å². The molecule has 0 radical (unpaired) electrons. The van der Waals surface area contributed by atoms with Gasteiger partial charge in [0.1, 0.15) is 5.75 Å². The molecular formula is C23H26ClN5O2S. The third-order valence-electron chi connectivity index (χ3n) is 5.19. The summed E-state index contributed by atoms with van der Waals surface area (Å²) in [4.78, 5) is 15.2. The Bertz CT molecular complexity index is 1080. The minimum Gasteiger partial charge on any atom is -0.492 e. The molecule has 0 aliphatic carbocycles. The molecule has 168 valence electrons. The standard InChI is InChI=1S/C23H26ClN5O2S/c1-3-31-20-13-7-5-11-18(20)25-21(30)16(2)32-23-27-26-22(28-14-8-9-15-28)29(23)19-12-6-4-10-17(19)24/h4-7,10-13,16H,3,8-9,14-15H2,1-2H3,(H,25,30). The molecule has 0 saturated carbocycles. The highest BCUT2D eigenvalue weighted by atomic mass is 35.5. The lowest BCUT2D eigenvalue weighted by Crippen LogP contribution is -2.24. The van der Waals surface area contributed by atoms with Gasteiger partial charge in [-0.1, -0.05) is 47.6 Å². The number of carbonyl (C=O) groups excluding carboxylic acids is 1. The number of carbonyl (C=O) groups is 1. The number of aromatic nitrogens is 3. The van der Waals surface area contributed by atoms with E-state index in [0.717, 1.165) is 37.6 Å². The molecule has 0 bridgehead atoms. The maximum atomic E-state index is 13.0. The van der Waals surface area contributed by atoms with Gasteiger partial charge in [0.2, 0.25) is 11.9 Å². The van der Waals surface area contributed by atoms with Gasteiger partial charge in [-0.05, 0) is 51.0 Å². The lowest BCUT2D eigenvalue weighted by atomic mass is 10.3. The summed E-state index contributed by atoms with van der Waals surface area (Å²) >= 11 is 7.87. The first-order valence-electron chi connectivity index (χ1n) is 10.7. The van der Waals surface area contributed by atoms with Crippen LogP contribution < -0.4 is 15.0 Å². The van der Waals surface area contributed by atoms with Crippen molar-refractivity contribution in [3.63, 3.8) is 0 Å². The Kier molecular flexibility index (Phi) is 7.22. The van der Waals surface area contributed by atoms with Crippen LogP contribution >= 0.6 is 23.4 Å². The van der Waals surface area contributed by atoms with Crippen molar-refractivity contribution in [2.24, 2.45) is 0 Å². The Morgan fingerprint density at radius 1 is 1.16 bits per heavy atom. The zero-order chi connectivity index (χ0) is 22.5. The van der Waals surface area contributed by atoms with Crippen LogP contribution in [0.1, 0.15) is 26.7 Å². The molecule has 1 aliphatic heterocycles. The Morgan fingerprint density at radius 3 is 2.62 bits per heavy atom. The molecular weight excluding hydrogens is 446 g/mol. The fourth-order valence-corrected chi connectivity index (χ4v) is 4.68. The van der Waals surface area contributed by atoms with Crippen molar-refractivity contribution in [3.8, 4) is 11.4 Å². The molecule has 1 unspecified atom stereocenters. The number of hydrogen-bond acceptors (Lipinski definition) is 6. The summed E-state index contributed by atoms with van der Waals surface area (Å²) in [6, 6.07) is 15.0. The molecule has 1 N–H and O–H groups in total. The molecule has 32 heavy (non-hydrogen) atoms. The zero-order valence-corrected chi connectivity index (χ0v) is 19.7. The van der Waals surface area contributed by atoms with Gasteiger partial charge in [0.15, 0.2) is 5.16 Å². The molecule has 1 aliphatic rings. The van der Waals surface area contributed by atoms with Crippen molar-refractivity contribution in [3.05, 3.63) is 53.6 Å². The second kappa shape index (κ2) is 10.3. The normalized spacial score (nSPS) is 14.4. The first kappa shape index (κ1) is 22.5. The molecule has 1 amide bonds. The predicted octanol–water partition coefficient (Wildman–Crippen LogP) is 5.04. The van der Waals surface area contributed by atoms with Crippen molar-refractivity contribution in [2.75, 3.05) is 29.9 Å². The lowest BCUT2D eigenvalue weighted by molar-refractivity contribution is -0.115. The second-order valence-corrected chi connectivity index (χ2v) is 9.16. The van der Waals surface area contributed by atoms with Crippen molar-refractivity contribution >= 4 is 40.9 Å². The average molecular weight is 472 g/mol. The first-order chi connectivity index (χ1) is 15.6. The number of hydrogen-bond donors (Lipinski definition) is 1. The predicted molar refractivity (Wildman–Crippen MR) is 129 cm³/mol. The SMILES string of the molecule is CCOc1ccccc1NC(=O)C(C)Sc1nnc(N2CCCC2)n1-c1ccccc1Cl. The van der Waals surface area contributed by atoms with E-state index in [1.54, 1.807) is 0 Å². The number of nitrogens with zero attached hydrogens (tertiary/aromatic N) is 4. The van der Waals surface area contributed by atoms with Crippen LogP contribution in [0, 0.1) is 0 Å². The Labute approximate surface area is 197 Å². The molecule has 7 nitrogen and oxygen atoms in total. The van der Waals surface area contributed by atoms with Crippen molar-refractivity contribution in [2.45, 2.75) is 37.1 Å². The number of nitrogens with one attached hydrogen (secondary N) is 1. The van der Waals surface area contributed by atoms with E-state index in [9.17, 15) is 4.79 Å². The summed E-state index contributed by atoms with van der Waals surface area (Å²) in [7, 11) is 0. The molecule has 9 heteroatoms. The van der Waals surface area contributed by atoms with E-state index >= 15 is 0 Å². The van der Waals surface area contributed by atoms with Crippen LogP contribution in [0.5, 0.6) is 5.75 Å². The maximum Gasteiger partial charge on any atom is 0.237 e. The monoisotopic (exact) mass is 471 g/mol. The molecule has 1 atom stereocenters. The van der Waals surface area contributed by atoms with E-state index < -0.39 is 5.25 Å². The minimum absolute atomic E-state index is 0.140. The van der Waals surface area contributed by atoms with Gasteiger partial charge in [-0.15, -0.1) is 10.2 Å². The van der Waals surface area contributed by atoms with Gasteiger partial charge in [-0.2, -0.15) is 0 Å². The quantitative estimate of drug-likeness (QED) is 0.464. The van der Waals surface area contributed by atoms with E-state index in [2.05, 4.69) is 20.4 Å². The fourth-order valence-electron chi connectivity index (χ4n) is 3.60. The third kappa shape index (κ3) is 4.86. The molecule has 3 aromatic rings. The van der Waals surface area contributed by atoms with Gasteiger partial charge >= 0.3 is 0 Å². The van der Waals surface area contributed by atoms with E-state index in [-0.39, 0.29) is 5.91 Å². The van der Waals surface area contributed by atoms with Gasteiger partial charge in [-0.25, -0.2) is 0 Å². The summed E-state index contributed by atoms with van der Waals surface area (Å²) in [6.45, 7) is 6.15. The van der Waals surface area contributed by atoms with E-state index in [1.165, 1.54) is 11.8 Å². The van der Waals surface area contributed by atoms with Crippen molar-refractivity contribution in [1.82, 2.24) is 14.8 Å². The third-order valence-corrected chi connectivity index (χ3v) is 6.56. The number of anilines is 2. The number of ether oxygens (including phenoxy) is 1. The van der Waals surface area contributed by atoms with Crippen LogP contribution in [0.4, 0.5) is 11.6 Å². The highest BCUT2D eigenvalue weighted by Crippen LogP contribution is 2.34. The van der Waals surface area contributed by atoms with E-state index in [4.69, 9.17) is 16.3 Å². The Morgan fingerprint density at radius 2 is 1.88 bits per heavy atom. The second-order valence-electron chi connectivity index (χ2n) is 7.44. The average Bonchev–Trinajstić information content (AvgIpc) is 3.46. The van der Waals surface area contributed by atoms with Crippen LogP contribution in [0.2, 0.25) is 5.02 Å². The molecule has 0 spiro atoms. The van der Waals surface area contributed by atoms with Gasteiger partial charge in [-0.3, -0.25) is 9.36 Å². The largest absolute Gasteiger partial charge is 0.492 e. The number of benzene rings is 2. The molecule has 1 saturated heterocycles. The molecule has 1 aromatic heterocycles. The number of para-hydroxylation sites is 3. The smallest absolute Gasteiger partial charge is 0.237 e. The summed E-state index contributed by atoms with van der Waals surface area (Å²) < 4.78 is 7.57. The van der Waals surface area contributed by atoms with Gasteiger partial charge in [0.05, 0.1) is 28.3 Å². The lowest BCUT2D eigenvalue weighted by Gasteiger charge is -2.20. The Balaban J connectivity index is 1.59. The van der Waals surface area contributed by atoms with Crippen LogP contribution in [0.25, 0.3) is 5.69 Å². The van der Waals surface area contributed by atoms with E-state index in [0.29, 0.717) is 28.2 Å². The maximum absolute atomic E-state index is 13.0. The first-order valence-corrected chi connectivity index (χ1v) is 12.0. The van der Waals surface area contributed by atoms with Crippen LogP contribution in [-0.2, 0) is 4.79 Å². The molecule has 4 rings (SSSR count). The van der Waals surface area contributed by atoms with Crippen LogP contribution in [0.3, 0.4) is 0 Å². The summed E-state index contributed by atoms with van der Waals surface area (Å²) in [5.74, 6) is 1.27. The van der Waals surface area contributed by atoms with Crippen molar-refractivity contribution < 1.29 is 9.53 Å². The molecule has 1 fully saturated rings. The fraction of sp³-hybridized carbons (Fsp3) is 0.348.